The van der Waals surface area contributed by atoms with E-state index in [2.05, 4.69) is 64.2 Å². The summed E-state index contributed by atoms with van der Waals surface area (Å²) in [7, 11) is 2.00. The molecule has 8 nitrogen and oxygen atoms in total. The van der Waals surface area contributed by atoms with Crippen LogP contribution in [-0.4, -0.2) is 64.0 Å². The van der Waals surface area contributed by atoms with Crippen molar-refractivity contribution in [3.05, 3.63) is 87.6 Å². The van der Waals surface area contributed by atoms with Gasteiger partial charge < -0.3 is 16.0 Å². The first-order valence-corrected chi connectivity index (χ1v) is 14.5. The van der Waals surface area contributed by atoms with Gasteiger partial charge in [0.15, 0.2) is 5.65 Å². The maximum atomic E-state index is 13.1. The first kappa shape index (κ1) is 34.1. The summed E-state index contributed by atoms with van der Waals surface area (Å²) >= 11 is 0. The van der Waals surface area contributed by atoms with Gasteiger partial charge in [-0.15, -0.1) is 5.10 Å². The first-order chi connectivity index (χ1) is 20.9. The molecule has 4 aromatic rings. The van der Waals surface area contributed by atoms with Gasteiger partial charge in [-0.25, -0.2) is 4.52 Å². The van der Waals surface area contributed by atoms with Crippen molar-refractivity contribution in [3.63, 3.8) is 0 Å². The minimum atomic E-state index is -4.43. The molecule has 5 rings (SSSR count). The molecule has 1 aliphatic rings. The quantitative estimate of drug-likeness (QED) is 0.229. The Labute approximate surface area is 257 Å². The van der Waals surface area contributed by atoms with E-state index in [1.165, 1.54) is 23.3 Å². The molecule has 1 fully saturated rings. The Hall–Kier alpha value is -4.40. The maximum Gasteiger partial charge on any atom is 0.416 e. The number of piperazine rings is 1. The highest BCUT2D eigenvalue weighted by Gasteiger charge is 2.34. The number of nitrogens with one attached hydrogen (secondary N) is 1. The van der Waals surface area contributed by atoms with Crippen LogP contribution in [0.25, 0.3) is 5.65 Å². The van der Waals surface area contributed by atoms with Gasteiger partial charge >= 0.3 is 6.18 Å². The van der Waals surface area contributed by atoms with E-state index in [1.807, 2.05) is 44.9 Å². The molecule has 2 aromatic heterocycles. The molecule has 0 spiro atoms. The fourth-order valence-corrected chi connectivity index (χ4v) is 4.61. The predicted molar refractivity (Wildman–Crippen MR) is 169 cm³/mol. The van der Waals surface area contributed by atoms with Crippen LogP contribution in [-0.2, 0) is 17.5 Å². The van der Waals surface area contributed by atoms with E-state index >= 15 is 0 Å². The van der Waals surface area contributed by atoms with Crippen molar-refractivity contribution in [2.75, 3.05) is 44.3 Å². The highest BCUT2D eigenvalue weighted by molar-refractivity contribution is 5.71. The summed E-state index contributed by atoms with van der Waals surface area (Å²) in [5.41, 5.74) is 11.4. The summed E-state index contributed by atoms with van der Waals surface area (Å²) < 4.78 is 41.2. The first-order valence-electron chi connectivity index (χ1n) is 14.5. The topological polar surface area (TPSA) is 91.8 Å². The lowest BCUT2D eigenvalue weighted by atomic mass is 10.0. The minimum absolute atomic E-state index is 0.152. The number of aryl methyl sites for hydroxylation is 3. The second-order valence-corrected chi connectivity index (χ2v) is 10.4. The number of carbonyl (C=O) groups excluding carboxylic acids is 1. The van der Waals surface area contributed by atoms with Gasteiger partial charge in [-0.1, -0.05) is 43.9 Å². The highest BCUT2D eigenvalue weighted by Crippen LogP contribution is 2.34. The van der Waals surface area contributed by atoms with E-state index in [4.69, 9.17) is 5.73 Å². The lowest BCUT2D eigenvalue weighted by Crippen LogP contribution is -2.44. The van der Waals surface area contributed by atoms with Gasteiger partial charge in [0, 0.05) is 49.5 Å². The predicted octanol–water partition coefficient (Wildman–Crippen LogP) is 5.68. The fourth-order valence-electron chi connectivity index (χ4n) is 4.61. The number of rotatable bonds is 4. The van der Waals surface area contributed by atoms with Crippen LogP contribution in [0, 0.1) is 32.6 Å². The van der Waals surface area contributed by atoms with E-state index in [9.17, 15) is 18.0 Å². The van der Waals surface area contributed by atoms with E-state index in [0.29, 0.717) is 6.41 Å². The van der Waals surface area contributed by atoms with Crippen molar-refractivity contribution >= 4 is 23.7 Å². The number of hydrogen-bond acceptors (Lipinski definition) is 6. The van der Waals surface area contributed by atoms with Crippen molar-refractivity contribution < 1.29 is 18.0 Å². The lowest BCUT2D eigenvalue weighted by Gasteiger charge is -2.33. The molecule has 2 aromatic carbocycles. The number of amides is 1. The molecule has 0 radical (unpaired) electrons. The van der Waals surface area contributed by atoms with Gasteiger partial charge in [0.25, 0.3) is 0 Å². The number of fused-ring (bicyclic) bond motifs is 1. The Kier molecular flexibility index (Phi) is 11.9. The van der Waals surface area contributed by atoms with E-state index < -0.39 is 11.7 Å². The summed E-state index contributed by atoms with van der Waals surface area (Å²) in [6.07, 6.45) is -4.06. The standard InChI is InChI=1S/C17H16N4.C14H18F3N3O.C2H6/c1-11-4-5-12(2)15(10-11)7-6-14-8-9-16-19-17(18)20-21(16)13(14)3;1-19-4-6-20(7-5-19)9-11-2-3-12(18-10-21)8-13(11)14(15,16)17;1-2/h4-5,8-10H,1-3H3,(H2,18,20);2-3,8,10H,4-7,9H2,1H3,(H,18,21);1-2H3. The number of nitrogens with zero attached hydrogens (tertiary/aromatic N) is 5. The van der Waals surface area contributed by atoms with Gasteiger partial charge in [-0.3, -0.25) is 9.69 Å². The molecule has 234 valence electrons. The van der Waals surface area contributed by atoms with Crippen LogP contribution in [0.4, 0.5) is 24.8 Å². The van der Waals surface area contributed by atoms with E-state index in [0.717, 1.165) is 54.7 Å². The third-order valence-electron chi connectivity index (χ3n) is 7.11. The van der Waals surface area contributed by atoms with Gasteiger partial charge in [-0.05, 0) is 74.8 Å². The monoisotopic (exact) mass is 607 g/mol. The molecule has 1 saturated heterocycles. The minimum Gasteiger partial charge on any atom is -0.366 e. The number of alkyl halides is 3. The number of halogens is 3. The number of hydrogen-bond donors (Lipinski definition) is 2. The Morgan fingerprint density at radius 2 is 1.64 bits per heavy atom. The highest BCUT2D eigenvalue weighted by atomic mass is 19.4. The summed E-state index contributed by atoms with van der Waals surface area (Å²) in [6, 6.07) is 14.0. The number of carbonyl (C=O) groups is 1. The van der Waals surface area contributed by atoms with Crippen molar-refractivity contribution in [1.29, 1.82) is 0 Å². The number of pyridine rings is 1. The number of nitrogen functional groups attached to an aromatic ring is 1. The van der Waals surface area contributed by atoms with Crippen LogP contribution < -0.4 is 11.1 Å². The molecular formula is C33H40F3N7O. The van der Waals surface area contributed by atoms with Crippen LogP contribution in [0.5, 0.6) is 0 Å². The number of likely N-dealkylation sites (N-methyl/N-ethyl adjacent to an activating group) is 1. The molecule has 1 aliphatic heterocycles. The van der Waals surface area contributed by atoms with Crippen molar-refractivity contribution in [2.24, 2.45) is 0 Å². The molecule has 3 heterocycles. The van der Waals surface area contributed by atoms with E-state index in [1.54, 1.807) is 4.52 Å². The molecule has 0 atom stereocenters. The number of nitrogens with two attached hydrogens (primary N) is 1. The van der Waals surface area contributed by atoms with Crippen molar-refractivity contribution in [2.45, 2.75) is 47.3 Å². The summed E-state index contributed by atoms with van der Waals surface area (Å²) in [5, 5.41) is 6.43. The zero-order valence-corrected chi connectivity index (χ0v) is 26.1. The molecule has 0 bridgehead atoms. The number of anilines is 2. The zero-order valence-electron chi connectivity index (χ0n) is 26.1. The molecule has 3 N–H and O–H groups in total. The van der Waals surface area contributed by atoms with Crippen molar-refractivity contribution in [1.82, 2.24) is 24.4 Å². The second-order valence-electron chi connectivity index (χ2n) is 10.4. The number of benzene rings is 2. The Morgan fingerprint density at radius 3 is 2.30 bits per heavy atom. The molecule has 11 heteroatoms. The van der Waals surface area contributed by atoms with Crippen LogP contribution in [0.15, 0.2) is 48.5 Å². The average molecular weight is 608 g/mol. The lowest BCUT2D eigenvalue weighted by molar-refractivity contribution is -0.138. The van der Waals surface area contributed by atoms with Crippen LogP contribution in [0.1, 0.15) is 52.9 Å². The van der Waals surface area contributed by atoms with Crippen LogP contribution in [0.2, 0.25) is 0 Å². The van der Waals surface area contributed by atoms with Crippen LogP contribution in [0.3, 0.4) is 0 Å². The smallest absolute Gasteiger partial charge is 0.366 e. The molecule has 1 amide bonds. The summed E-state index contributed by atoms with van der Waals surface area (Å²) in [5.74, 6) is 6.73. The third-order valence-corrected chi connectivity index (χ3v) is 7.11. The van der Waals surface area contributed by atoms with Gasteiger partial charge in [0.05, 0.1) is 11.3 Å². The summed E-state index contributed by atoms with van der Waals surface area (Å²) in [4.78, 5) is 18.7. The van der Waals surface area contributed by atoms with Crippen molar-refractivity contribution in [3.8, 4) is 11.8 Å². The SMILES string of the molecule is CC.CN1CCN(Cc2ccc(NC=O)cc2C(F)(F)F)CC1.Cc1ccc(C)c(C#Cc2ccc3nc(N)nn3c2C)c1. The molecular weight excluding hydrogens is 567 g/mol. The fraction of sp³-hybridized carbons (Fsp3) is 0.364. The molecule has 0 unspecified atom stereocenters. The van der Waals surface area contributed by atoms with Gasteiger partial charge in [0.1, 0.15) is 0 Å². The van der Waals surface area contributed by atoms with Gasteiger partial charge in [-0.2, -0.15) is 18.2 Å². The van der Waals surface area contributed by atoms with Crippen LogP contribution >= 0.6 is 0 Å². The third kappa shape index (κ3) is 9.05. The number of aromatic nitrogens is 3. The Balaban J connectivity index is 0.000000228. The zero-order chi connectivity index (χ0) is 32.4. The largest absolute Gasteiger partial charge is 0.416 e. The van der Waals surface area contributed by atoms with Gasteiger partial charge in [0.2, 0.25) is 12.4 Å². The average Bonchev–Trinajstić information content (AvgIpc) is 3.38. The molecule has 0 aliphatic carbocycles. The molecule has 44 heavy (non-hydrogen) atoms. The Bertz CT molecular complexity index is 1630. The normalized spacial score (nSPS) is 13.6. The second kappa shape index (κ2) is 15.4. The van der Waals surface area contributed by atoms with E-state index in [-0.39, 0.29) is 23.7 Å². The summed E-state index contributed by atoms with van der Waals surface area (Å²) in [6.45, 7) is 13.6. The molecule has 0 saturated carbocycles. The maximum absolute atomic E-state index is 13.1. The Morgan fingerprint density at radius 1 is 0.955 bits per heavy atom.